The molecule has 4 atom stereocenters. The second kappa shape index (κ2) is 8.96. The molecule has 0 saturated carbocycles. The number of benzene rings is 1. The molecule has 0 bridgehead atoms. The van der Waals surface area contributed by atoms with Crippen molar-refractivity contribution in [1.82, 2.24) is 0 Å². The van der Waals surface area contributed by atoms with Crippen LogP contribution in [0.4, 0.5) is 0 Å². The van der Waals surface area contributed by atoms with Gasteiger partial charge in [-0.1, -0.05) is 30.3 Å². The lowest BCUT2D eigenvalue weighted by atomic mass is 9.91. The van der Waals surface area contributed by atoms with Crippen LogP contribution in [0.5, 0.6) is 0 Å². The summed E-state index contributed by atoms with van der Waals surface area (Å²) in [5.41, 5.74) is 0.804. The van der Waals surface area contributed by atoms with Gasteiger partial charge in [-0.05, 0) is 5.56 Å². The van der Waals surface area contributed by atoms with Crippen LogP contribution < -0.4 is 0 Å². The number of aliphatic hydroxyl groups is 1. The first-order valence-corrected chi connectivity index (χ1v) is 8.60. The molecule has 1 heterocycles. The molecule has 8 heteroatoms. The van der Waals surface area contributed by atoms with Crippen LogP contribution in [-0.2, 0) is 39.8 Å². The van der Waals surface area contributed by atoms with Crippen molar-refractivity contribution in [3.05, 3.63) is 35.9 Å². The van der Waals surface area contributed by atoms with Gasteiger partial charge in [0.2, 0.25) is 0 Å². The number of esters is 3. The van der Waals surface area contributed by atoms with Crippen molar-refractivity contribution < 1.29 is 38.4 Å². The van der Waals surface area contributed by atoms with E-state index >= 15 is 0 Å². The average molecular weight is 380 g/mol. The van der Waals surface area contributed by atoms with Gasteiger partial charge in [0, 0.05) is 33.6 Å². The number of hydrogen-bond donors (Lipinski definition) is 1. The first-order chi connectivity index (χ1) is 12.7. The van der Waals surface area contributed by atoms with Crippen LogP contribution in [-0.4, -0.2) is 53.7 Å². The highest BCUT2D eigenvalue weighted by molar-refractivity contribution is 5.67. The van der Waals surface area contributed by atoms with Gasteiger partial charge in [0.05, 0.1) is 0 Å². The van der Waals surface area contributed by atoms with E-state index in [0.717, 1.165) is 5.56 Å². The van der Waals surface area contributed by atoms with E-state index < -0.39 is 42.0 Å². The Bertz CT molecular complexity index is 674. The summed E-state index contributed by atoms with van der Waals surface area (Å²) in [5.74, 6) is -3.45. The fourth-order valence-electron chi connectivity index (χ4n) is 3.09. The van der Waals surface area contributed by atoms with Gasteiger partial charge in [-0.3, -0.25) is 14.4 Å². The summed E-state index contributed by atoms with van der Waals surface area (Å²) in [4.78, 5) is 34.2. The third kappa shape index (κ3) is 6.33. The number of carbonyl (C=O) groups is 3. The summed E-state index contributed by atoms with van der Waals surface area (Å²) < 4.78 is 21.3. The van der Waals surface area contributed by atoms with Crippen LogP contribution in [0, 0.1) is 0 Å². The molecule has 2 rings (SSSR count). The van der Waals surface area contributed by atoms with Gasteiger partial charge < -0.3 is 24.1 Å². The Labute approximate surface area is 157 Å². The summed E-state index contributed by atoms with van der Waals surface area (Å²) >= 11 is 0. The lowest BCUT2D eigenvalue weighted by Crippen LogP contribution is -2.59. The molecule has 1 aromatic carbocycles. The fraction of sp³-hybridized carbons (Fsp3) is 0.526. The predicted molar refractivity (Wildman–Crippen MR) is 92.3 cm³/mol. The number of hydrogen-bond acceptors (Lipinski definition) is 8. The number of carbonyl (C=O) groups excluding carboxylic acids is 3. The summed E-state index contributed by atoms with van der Waals surface area (Å²) in [6.45, 7) is 3.39. The molecular weight excluding hydrogens is 356 g/mol. The van der Waals surface area contributed by atoms with Gasteiger partial charge in [0.25, 0.3) is 0 Å². The zero-order valence-electron chi connectivity index (χ0n) is 15.5. The second-order valence-electron chi connectivity index (χ2n) is 6.49. The highest BCUT2D eigenvalue weighted by Crippen LogP contribution is 2.34. The van der Waals surface area contributed by atoms with Gasteiger partial charge >= 0.3 is 17.9 Å². The standard InChI is InChI=1S/C19H24O8/c1-12(20)24-11-17-18(26-14(3)22)16(25-13(2)21)10-19(23,27-17)9-15-7-5-4-6-8-15/h4-8,16-18,23H,9-11H2,1-3H3/t16-,17-,18+,19+/m1/s1. The van der Waals surface area contributed by atoms with Crippen LogP contribution in [0.15, 0.2) is 30.3 Å². The van der Waals surface area contributed by atoms with Gasteiger partial charge in [0.1, 0.15) is 18.8 Å². The molecule has 0 amide bonds. The van der Waals surface area contributed by atoms with Crippen molar-refractivity contribution in [2.24, 2.45) is 0 Å². The largest absolute Gasteiger partial charge is 0.463 e. The van der Waals surface area contributed by atoms with E-state index in [0.29, 0.717) is 0 Å². The van der Waals surface area contributed by atoms with Crippen LogP contribution in [0.1, 0.15) is 32.8 Å². The van der Waals surface area contributed by atoms with Crippen molar-refractivity contribution in [3.8, 4) is 0 Å². The Morgan fingerprint density at radius 1 is 1.07 bits per heavy atom. The monoisotopic (exact) mass is 380 g/mol. The van der Waals surface area contributed by atoms with Crippen molar-refractivity contribution in [2.75, 3.05) is 6.61 Å². The van der Waals surface area contributed by atoms with Crippen LogP contribution in [0.2, 0.25) is 0 Å². The maximum Gasteiger partial charge on any atom is 0.303 e. The zero-order chi connectivity index (χ0) is 20.0. The van der Waals surface area contributed by atoms with E-state index in [1.165, 1.54) is 20.8 Å². The fourth-order valence-corrected chi connectivity index (χ4v) is 3.09. The summed E-state index contributed by atoms with van der Waals surface area (Å²) in [6, 6.07) is 9.13. The molecule has 1 aliphatic rings. The van der Waals surface area contributed by atoms with Gasteiger partial charge in [-0.15, -0.1) is 0 Å². The van der Waals surface area contributed by atoms with Crippen LogP contribution >= 0.6 is 0 Å². The molecule has 148 valence electrons. The topological polar surface area (TPSA) is 108 Å². The molecule has 1 saturated heterocycles. The Morgan fingerprint density at radius 3 is 2.26 bits per heavy atom. The maximum atomic E-state index is 11.5. The third-order valence-electron chi connectivity index (χ3n) is 4.02. The lowest BCUT2D eigenvalue weighted by Gasteiger charge is -2.44. The first-order valence-electron chi connectivity index (χ1n) is 8.60. The minimum atomic E-state index is -1.69. The minimum absolute atomic E-state index is 0.101. The zero-order valence-corrected chi connectivity index (χ0v) is 15.5. The van der Waals surface area contributed by atoms with Crippen molar-refractivity contribution >= 4 is 17.9 Å². The van der Waals surface area contributed by atoms with Crippen LogP contribution in [0.3, 0.4) is 0 Å². The Balaban J connectivity index is 2.28. The van der Waals surface area contributed by atoms with Crippen molar-refractivity contribution in [1.29, 1.82) is 0 Å². The third-order valence-corrected chi connectivity index (χ3v) is 4.02. The molecular formula is C19H24O8. The first kappa shape index (κ1) is 20.9. The second-order valence-corrected chi connectivity index (χ2v) is 6.49. The van der Waals surface area contributed by atoms with E-state index in [-0.39, 0.29) is 19.4 Å². The van der Waals surface area contributed by atoms with Crippen molar-refractivity contribution in [3.63, 3.8) is 0 Å². The minimum Gasteiger partial charge on any atom is -0.463 e. The molecule has 27 heavy (non-hydrogen) atoms. The molecule has 0 unspecified atom stereocenters. The average Bonchev–Trinajstić information content (AvgIpc) is 2.55. The SMILES string of the molecule is CC(=O)OC[C@H]1O[C@@](O)(Cc2ccccc2)C[C@@H](OC(C)=O)[C@@H]1OC(C)=O. The van der Waals surface area contributed by atoms with E-state index in [2.05, 4.69) is 0 Å². The van der Waals surface area contributed by atoms with Crippen molar-refractivity contribution in [2.45, 2.75) is 57.7 Å². The smallest absolute Gasteiger partial charge is 0.303 e. The highest BCUT2D eigenvalue weighted by atomic mass is 16.7. The molecule has 8 nitrogen and oxygen atoms in total. The number of ether oxygens (including phenoxy) is 4. The van der Waals surface area contributed by atoms with E-state index in [9.17, 15) is 19.5 Å². The molecule has 0 spiro atoms. The quantitative estimate of drug-likeness (QED) is 0.578. The maximum absolute atomic E-state index is 11.5. The number of rotatable bonds is 6. The summed E-state index contributed by atoms with van der Waals surface area (Å²) in [5, 5.41) is 11.0. The lowest BCUT2D eigenvalue weighted by molar-refractivity contribution is -0.308. The van der Waals surface area contributed by atoms with E-state index in [1.807, 2.05) is 30.3 Å². The van der Waals surface area contributed by atoms with E-state index in [1.54, 1.807) is 0 Å². The van der Waals surface area contributed by atoms with Gasteiger partial charge in [0.15, 0.2) is 11.9 Å². The Morgan fingerprint density at radius 2 is 1.70 bits per heavy atom. The van der Waals surface area contributed by atoms with Gasteiger partial charge in [-0.2, -0.15) is 0 Å². The van der Waals surface area contributed by atoms with Crippen LogP contribution in [0.25, 0.3) is 0 Å². The Kier molecular flexibility index (Phi) is 6.92. The van der Waals surface area contributed by atoms with E-state index in [4.69, 9.17) is 18.9 Å². The molecule has 0 aromatic heterocycles. The van der Waals surface area contributed by atoms with Gasteiger partial charge in [-0.25, -0.2) is 0 Å². The molecule has 1 fully saturated rings. The normalized spacial score (nSPS) is 27.5. The Hall–Kier alpha value is -2.45. The molecule has 1 N–H and O–H groups in total. The molecule has 0 radical (unpaired) electrons. The predicted octanol–water partition coefficient (Wildman–Crippen LogP) is 1.13. The summed E-state index contributed by atoms with van der Waals surface area (Å²) in [7, 11) is 0. The molecule has 1 aliphatic heterocycles. The highest BCUT2D eigenvalue weighted by Gasteiger charge is 2.50. The molecule has 0 aliphatic carbocycles. The summed E-state index contributed by atoms with van der Waals surface area (Å²) in [6.07, 6.45) is -2.94. The molecule has 1 aromatic rings.